The summed E-state index contributed by atoms with van der Waals surface area (Å²) in [6, 6.07) is 4.39. The highest BCUT2D eigenvalue weighted by molar-refractivity contribution is 7.19. The van der Waals surface area contributed by atoms with Gasteiger partial charge < -0.3 is 5.32 Å². The minimum absolute atomic E-state index is 0.0649. The molecule has 0 radical (unpaired) electrons. The Balaban J connectivity index is 1.97. The number of amides is 1. The quantitative estimate of drug-likeness (QED) is 0.565. The normalized spacial score (nSPS) is 11.2. The number of benzene rings is 1. The van der Waals surface area contributed by atoms with Crippen LogP contribution < -0.4 is 5.32 Å². The Morgan fingerprint density at radius 2 is 2.04 bits per heavy atom. The molecule has 1 aromatic carbocycles. The third-order valence-electron chi connectivity index (χ3n) is 3.92. The molecular weight excluding hydrogens is 342 g/mol. The Morgan fingerprint density at radius 3 is 2.68 bits per heavy atom. The lowest BCUT2D eigenvalue weighted by Gasteiger charge is -2.08. The van der Waals surface area contributed by atoms with Crippen LogP contribution in [0.25, 0.3) is 4.96 Å². The van der Waals surface area contributed by atoms with Gasteiger partial charge in [0.15, 0.2) is 0 Å². The van der Waals surface area contributed by atoms with Crippen molar-refractivity contribution in [2.24, 2.45) is 0 Å². The summed E-state index contributed by atoms with van der Waals surface area (Å²) in [6.07, 6.45) is 0. The molecule has 0 saturated carbocycles. The van der Waals surface area contributed by atoms with Crippen molar-refractivity contribution in [2.75, 3.05) is 5.32 Å². The van der Waals surface area contributed by atoms with Gasteiger partial charge in [-0.2, -0.15) is 0 Å². The first kappa shape index (κ1) is 17.0. The lowest BCUT2D eigenvalue weighted by atomic mass is 10.1. The number of rotatable bonds is 4. The van der Waals surface area contributed by atoms with Crippen LogP contribution in [-0.4, -0.2) is 25.4 Å². The minimum atomic E-state index is -0.486. The van der Waals surface area contributed by atoms with Crippen molar-refractivity contribution in [1.29, 1.82) is 0 Å². The second-order valence-corrected chi connectivity index (χ2v) is 7.04. The fourth-order valence-corrected chi connectivity index (χ4v) is 3.52. The van der Waals surface area contributed by atoms with Gasteiger partial charge in [0.1, 0.15) is 10.7 Å². The number of nitrogens with one attached hydrogen (secondary N) is 1. The van der Waals surface area contributed by atoms with Gasteiger partial charge in [-0.3, -0.25) is 19.3 Å². The molecule has 25 heavy (non-hydrogen) atoms. The summed E-state index contributed by atoms with van der Waals surface area (Å²) >= 11 is 1.25. The van der Waals surface area contributed by atoms with E-state index in [1.165, 1.54) is 23.5 Å². The predicted molar refractivity (Wildman–Crippen MR) is 95.5 cm³/mol. The van der Waals surface area contributed by atoms with Crippen molar-refractivity contribution in [3.05, 3.63) is 50.3 Å². The Kier molecular flexibility index (Phi) is 4.25. The molecule has 0 saturated heterocycles. The third kappa shape index (κ3) is 2.98. The lowest BCUT2D eigenvalue weighted by molar-refractivity contribution is -0.384. The van der Waals surface area contributed by atoms with E-state index >= 15 is 0 Å². The summed E-state index contributed by atoms with van der Waals surface area (Å²) in [5.74, 6) is 0.666. The van der Waals surface area contributed by atoms with E-state index in [0.29, 0.717) is 15.5 Å². The summed E-state index contributed by atoms with van der Waals surface area (Å²) in [5, 5.41) is 22.0. The van der Waals surface area contributed by atoms with Gasteiger partial charge in [-0.25, -0.2) is 0 Å². The van der Waals surface area contributed by atoms with Crippen LogP contribution in [0.3, 0.4) is 0 Å². The molecule has 3 aromatic rings. The molecule has 0 aliphatic heterocycles. The van der Waals surface area contributed by atoms with E-state index in [1.54, 1.807) is 13.0 Å². The van der Waals surface area contributed by atoms with Crippen LogP contribution >= 0.6 is 11.3 Å². The standard InChI is InChI=1S/C16H17N5O3S/c1-8(2)14-18-19-16-20(14)10(4)13(25-16)15(22)17-12-7-11(21(23)24)6-5-9(12)3/h5-8H,1-4H3,(H,17,22). The highest BCUT2D eigenvalue weighted by Crippen LogP contribution is 2.28. The summed E-state index contributed by atoms with van der Waals surface area (Å²) in [6.45, 7) is 7.65. The molecule has 0 aliphatic carbocycles. The van der Waals surface area contributed by atoms with Crippen molar-refractivity contribution >= 4 is 33.6 Å². The number of nitrogens with zero attached hydrogens (tertiary/aromatic N) is 4. The summed E-state index contributed by atoms with van der Waals surface area (Å²) in [5.41, 5.74) is 1.87. The highest BCUT2D eigenvalue weighted by Gasteiger charge is 2.22. The highest BCUT2D eigenvalue weighted by atomic mass is 32.1. The van der Waals surface area contributed by atoms with E-state index in [1.807, 2.05) is 25.2 Å². The fourth-order valence-electron chi connectivity index (χ4n) is 2.55. The van der Waals surface area contributed by atoms with Crippen molar-refractivity contribution in [3.63, 3.8) is 0 Å². The van der Waals surface area contributed by atoms with Crippen LogP contribution in [0.5, 0.6) is 0 Å². The Bertz CT molecular complexity index is 989. The zero-order chi connectivity index (χ0) is 18.3. The molecule has 0 fully saturated rings. The molecule has 1 amide bonds. The van der Waals surface area contributed by atoms with Gasteiger partial charge >= 0.3 is 0 Å². The van der Waals surface area contributed by atoms with Crippen molar-refractivity contribution in [3.8, 4) is 0 Å². The second-order valence-electron chi connectivity index (χ2n) is 6.06. The second kappa shape index (κ2) is 6.25. The summed E-state index contributed by atoms with van der Waals surface area (Å²) < 4.78 is 1.88. The van der Waals surface area contributed by atoms with Crippen molar-refractivity contribution in [1.82, 2.24) is 14.6 Å². The van der Waals surface area contributed by atoms with E-state index in [9.17, 15) is 14.9 Å². The Labute approximate surface area is 147 Å². The average Bonchev–Trinajstić information content (AvgIpc) is 3.10. The Morgan fingerprint density at radius 1 is 1.32 bits per heavy atom. The van der Waals surface area contributed by atoms with Crippen molar-refractivity contribution < 1.29 is 9.72 Å². The van der Waals surface area contributed by atoms with Crippen LogP contribution in [-0.2, 0) is 0 Å². The van der Waals surface area contributed by atoms with Crippen LogP contribution in [0.1, 0.15) is 46.5 Å². The number of aromatic nitrogens is 3. The zero-order valence-electron chi connectivity index (χ0n) is 14.2. The van der Waals surface area contributed by atoms with Crippen molar-refractivity contribution in [2.45, 2.75) is 33.6 Å². The zero-order valence-corrected chi connectivity index (χ0v) is 15.0. The maximum absolute atomic E-state index is 12.7. The molecule has 9 heteroatoms. The predicted octanol–water partition coefficient (Wildman–Crippen LogP) is 3.69. The average molecular weight is 359 g/mol. The fraction of sp³-hybridized carbons (Fsp3) is 0.312. The van der Waals surface area contributed by atoms with Gasteiger partial charge in [0.25, 0.3) is 11.6 Å². The number of anilines is 1. The molecule has 0 aliphatic rings. The van der Waals surface area contributed by atoms with Gasteiger partial charge in [-0.15, -0.1) is 10.2 Å². The SMILES string of the molecule is Cc1ccc([N+](=O)[O-])cc1NC(=O)c1sc2nnc(C(C)C)n2c1C. The van der Waals surface area contributed by atoms with Gasteiger partial charge in [0.05, 0.1) is 10.6 Å². The number of hydrogen-bond acceptors (Lipinski definition) is 6. The van der Waals surface area contributed by atoms with Gasteiger partial charge in [-0.1, -0.05) is 31.3 Å². The third-order valence-corrected chi connectivity index (χ3v) is 5.05. The first-order valence-electron chi connectivity index (χ1n) is 7.70. The van der Waals surface area contributed by atoms with Crippen LogP contribution in [0.4, 0.5) is 11.4 Å². The topological polar surface area (TPSA) is 102 Å². The smallest absolute Gasteiger partial charge is 0.271 e. The molecule has 2 aromatic heterocycles. The maximum atomic E-state index is 12.7. The van der Waals surface area contributed by atoms with Crippen LogP contribution in [0.2, 0.25) is 0 Å². The van der Waals surface area contributed by atoms with Gasteiger partial charge in [-0.05, 0) is 19.4 Å². The van der Waals surface area contributed by atoms with Gasteiger partial charge in [0, 0.05) is 23.7 Å². The largest absolute Gasteiger partial charge is 0.321 e. The molecule has 130 valence electrons. The number of fused-ring (bicyclic) bond motifs is 1. The number of nitro benzene ring substituents is 1. The number of aryl methyl sites for hydroxylation is 2. The maximum Gasteiger partial charge on any atom is 0.271 e. The molecule has 3 rings (SSSR count). The van der Waals surface area contributed by atoms with E-state index in [4.69, 9.17) is 0 Å². The number of carbonyl (C=O) groups is 1. The minimum Gasteiger partial charge on any atom is -0.321 e. The molecule has 0 spiro atoms. The summed E-state index contributed by atoms with van der Waals surface area (Å²) in [4.78, 5) is 24.3. The first-order valence-corrected chi connectivity index (χ1v) is 8.52. The van der Waals surface area contributed by atoms with E-state index in [2.05, 4.69) is 15.5 Å². The molecule has 8 nitrogen and oxygen atoms in total. The molecule has 0 bridgehead atoms. The molecule has 0 atom stereocenters. The van der Waals surface area contributed by atoms with E-state index < -0.39 is 4.92 Å². The lowest BCUT2D eigenvalue weighted by Crippen LogP contribution is -2.13. The summed E-state index contributed by atoms with van der Waals surface area (Å²) in [7, 11) is 0. The van der Waals surface area contributed by atoms with Crippen LogP contribution in [0.15, 0.2) is 18.2 Å². The van der Waals surface area contributed by atoms with E-state index in [0.717, 1.165) is 17.1 Å². The number of non-ortho nitro benzene ring substituents is 1. The number of carbonyl (C=O) groups excluding carboxylic acids is 1. The van der Waals surface area contributed by atoms with E-state index in [-0.39, 0.29) is 17.5 Å². The molecule has 1 N–H and O–H groups in total. The molecule has 0 unspecified atom stereocenters. The number of thiazole rings is 1. The molecule has 2 heterocycles. The first-order chi connectivity index (χ1) is 11.8. The monoisotopic (exact) mass is 359 g/mol. The Hall–Kier alpha value is -2.81. The number of hydrogen-bond donors (Lipinski definition) is 1. The molecular formula is C16H17N5O3S. The number of nitro groups is 1. The van der Waals surface area contributed by atoms with Crippen LogP contribution in [0, 0.1) is 24.0 Å². The van der Waals surface area contributed by atoms with Gasteiger partial charge in [0.2, 0.25) is 4.96 Å².